The van der Waals surface area contributed by atoms with E-state index in [1.165, 1.54) is 0 Å². The highest BCUT2D eigenvalue weighted by molar-refractivity contribution is 6.31. The lowest BCUT2D eigenvalue weighted by molar-refractivity contribution is 0.0692. The molecule has 0 N–H and O–H groups in total. The Balaban J connectivity index is 1.81. The van der Waals surface area contributed by atoms with E-state index in [4.69, 9.17) is 20.9 Å². The summed E-state index contributed by atoms with van der Waals surface area (Å²) in [6, 6.07) is 5.05. The van der Waals surface area contributed by atoms with E-state index in [2.05, 4.69) is 10.1 Å². The Morgan fingerprint density at radius 3 is 3.00 bits per heavy atom. The van der Waals surface area contributed by atoms with Crippen LogP contribution in [-0.4, -0.2) is 41.1 Å². The van der Waals surface area contributed by atoms with E-state index in [1.807, 2.05) is 0 Å². The molecule has 1 amide bonds. The number of rotatable bonds is 3. The van der Waals surface area contributed by atoms with E-state index >= 15 is 0 Å². The Kier molecular flexibility index (Phi) is 4.52. The SMILES string of the molecule is COc1ccc(Cl)cc1C(=O)N1CCCC(c2nc(C)no2)C1. The van der Waals surface area contributed by atoms with Gasteiger partial charge in [0.05, 0.1) is 18.6 Å². The van der Waals surface area contributed by atoms with Crippen molar-refractivity contribution >= 4 is 17.5 Å². The van der Waals surface area contributed by atoms with E-state index in [0.29, 0.717) is 41.1 Å². The van der Waals surface area contributed by atoms with Gasteiger partial charge in [0.2, 0.25) is 5.89 Å². The number of amides is 1. The monoisotopic (exact) mass is 335 g/mol. The Morgan fingerprint density at radius 2 is 2.30 bits per heavy atom. The number of carbonyl (C=O) groups is 1. The van der Waals surface area contributed by atoms with Crippen LogP contribution in [-0.2, 0) is 0 Å². The average Bonchev–Trinajstić information content (AvgIpc) is 3.01. The summed E-state index contributed by atoms with van der Waals surface area (Å²) in [5.41, 5.74) is 0.474. The second-order valence-electron chi connectivity index (χ2n) is 5.61. The van der Waals surface area contributed by atoms with Gasteiger partial charge < -0.3 is 14.2 Å². The summed E-state index contributed by atoms with van der Waals surface area (Å²) in [7, 11) is 1.54. The fourth-order valence-electron chi connectivity index (χ4n) is 2.86. The van der Waals surface area contributed by atoms with Crippen molar-refractivity contribution in [2.45, 2.75) is 25.7 Å². The molecule has 23 heavy (non-hydrogen) atoms. The van der Waals surface area contributed by atoms with Crippen molar-refractivity contribution in [1.29, 1.82) is 0 Å². The van der Waals surface area contributed by atoms with Crippen LogP contribution in [0.5, 0.6) is 5.75 Å². The van der Waals surface area contributed by atoms with Crippen molar-refractivity contribution in [2.24, 2.45) is 0 Å². The quantitative estimate of drug-likeness (QED) is 0.862. The number of likely N-dealkylation sites (tertiary alicyclic amines) is 1. The molecular weight excluding hydrogens is 318 g/mol. The van der Waals surface area contributed by atoms with Crippen molar-refractivity contribution in [3.63, 3.8) is 0 Å². The average molecular weight is 336 g/mol. The molecule has 0 spiro atoms. The van der Waals surface area contributed by atoms with E-state index in [-0.39, 0.29) is 11.8 Å². The third-order valence-corrected chi connectivity index (χ3v) is 4.23. The number of nitrogens with zero attached hydrogens (tertiary/aromatic N) is 3. The normalized spacial score (nSPS) is 18.0. The van der Waals surface area contributed by atoms with Crippen molar-refractivity contribution < 1.29 is 14.1 Å². The molecule has 0 aliphatic carbocycles. The van der Waals surface area contributed by atoms with Gasteiger partial charge in [0.15, 0.2) is 5.82 Å². The first-order valence-corrected chi connectivity index (χ1v) is 7.89. The van der Waals surface area contributed by atoms with Crippen LogP contribution in [0.25, 0.3) is 0 Å². The number of halogens is 1. The number of hydrogen-bond acceptors (Lipinski definition) is 5. The lowest BCUT2D eigenvalue weighted by Crippen LogP contribution is -2.39. The number of ether oxygens (including phenoxy) is 1. The molecule has 122 valence electrons. The minimum Gasteiger partial charge on any atom is -0.496 e. The molecule has 7 heteroatoms. The largest absolute Gasteiger partial charge is 0.496 e. The summed E-state index contributed by atoms with van der Waals surface area (Å²) in [6.45, 7) is 3.03. The third kappa shape index (κ3) is 3.32. The number of methoxy groups -OCH3 is 1. The lowest BCUT2D eigenvalue weighted by atomic mass is 9.97. The Hall–Kier alpha value is -2.08. The number of hydrogen-bond donors (Lipinski definition) is 0. The van der Waals surface area contributed by atoms with Crippen LogP contribution in [0.1, 0.15) is 40.8 Å². The van der Waals surface area contributed by atoms with E-state index in [0.717, 1.165) is 12.8 Å². The zero-order chi connectivity index (χ0) is 16.4. The molecule has 1 unspecified atom stereocenters. The molecule has 0 radical (unpaired) electrons. The Labute approximate surface area is 139 Å². The number of piperidine rings is 1. The zero-order valence-corrected chi connectivity index (χ0v) is 13.8. The highest BCUT2D eigenvalue weighted by Crippen LogP contribution is 2.29. The van der Waals surface area contributed by atoms with Gasteiger partial charge in [0, 0.05) is 18.1 Å². The van der Waals surface area contributed by atoms with Crippen molar-refractivity contribution in [2.75, 3.05) is 20.2 Å². The van der Waals surface area contributed by atoms with Gasteiger partial charge >= 0.3 is 0 Å². The van der Waals surface area contributed by atoms with E-state index in [1.54, 1.807) is 37.1 Å². The molecule has 3 rings (SSSR count). The standard InChI is InChI=1S/C16H18ClN3O3/c1-10-18-15(23-19-10)11-4-3-7-20(9-11)16(21)13-8-12(17)5-6-14(13)22-2/h5-6,8,11H,3-4,7,9H2,1-2H3. The van der Waals surface area contributed by atoms with Crippen molar-refractivity contribution in [3.8, 4) is 5.75 Å². The summed E-state index contributed by atoms with van der Waals surface area (Å²) >= 11 is 6.02. The summed E-state index contributed by atoms with van der Waals surface area (Å²) in [5, 5.41) is 4.34. The van der Waals surface area contributed by atoms with Gasteiger partial charge in [-0.15, -0.1) is 0 Å². The minimum absolute atomic E-state index is 0.0686. The van der Waals surface area contributed by atoms with Crippen molar-refractivity contribution in [3.05, 3.63) is 40.5 Å². The molecule has 2 heterocycles. The Morgan fingerprint density at radius 1 is 1.48 bits per heavy atom. The van der Waals surface area contributed by atoms with Crippen LogP contribution in [0.4, 0.5) is 0 Å². The molecule has 2 aromatic rings. The smallest absolute Gasteiger partial charge is 0.257 e. The first-order valence-electron chi connectivity index (χ1n) is 7.51. The molecule has 1 aliphatic heterocycles. The van der Waals surface area contributed by atoms with E-state index in [9.17, 15) is 4.79 Å². The molecule has 6 nitrogen and oxygen atoms in total. The fourth-order valence-corrected chi connectivity index (χ4v) is 3.03. The number of aromatic nitrogens is 2. The number of aryl methyl sites for hydroxylation is 1. The number of carbonyl (C=O) groups excluding carboxylic acids is 1. The predicted molar refractivity (Wildman–Crippen MR) is 84.9 cm³/mol. The minimum atomic E-state index is -0.0923. The molecule has 1 aliphatic rings. The van der Waals surface area contributed by atoms with Gasteiger partial charge in [0.25, 0.3) is 5.91 Å². The maximum absolute atomic E-state index is 12.8. The van der Waals surface area contributed by atoms with Gasteiger partial charge in [-0.1, -0.05) is 16.8 Å². The first-order chi connectivity index (χ1) is 11.1. The second-order valence-corrected chi connectivity index (χ2v) is 6.05. The maximum Gasteiger partial charge on any atom is 0.257 e. The third-order valence-electron chi connectivity index (χ3n) is 3.99. The molecular formula is C16H18ClN3O3. The van der Waals surface area contributed by atoms with Crippen LogP contribution < -0.4 is 4.74 Å². The summed E-state index contributed by atoms with van der Waals surface area (Å²) in [5.74, 6) is 1.71. The van der Waals surface area contributed by atoms with E-state index < -0.39 is 0 Å². The second kappa shape index (κ2) is 6.58. The summed E-state index contributed by atoms with van der Waals surface area (Å²) in [6.07, 6.45) is 1.82. The molecule has 1 aromatic heterocycles. The summed E-state index contributed by atoms with van der Waals surface area (Å²) in [4.78, 5) is 18.9. The van der Waals surface area contributed by atoms with Crippen LogP contribution in [0.2, 0.25) is 5.02 Å². The van der Waals surface area contributed by atoms with Crippen LogP contribution in [0.3, 0.4) is 0 Å². The van der Waals surface area contributed by atoms with Gasteiger partial charge in [0.1, 0.15) is 5.75 Å². The molecule has 1 fully saturated rings. The molecule has 1 aromatic carbocycles. The highest BCUT2D eigenvalue weighted by Gasteiger charge is 2.30. The fraction of sp³-hybridized carbons (Fsp3) is 0.438. The first kappa shape index (κ1) is 15.8. The van der Waals surface area contributed by atoms with Gasteiger partial charge in [-0.05, 0) is 38.0 Å². The topological polar surface area (TPSA) is 68.5 Å². The predicted octanol–water partition coefficient (Wildman–Crippen LogP) is 3.06. The molecule has 0 bridgehead atoms. The zero-order valence-electron chi connectivity index (χ0n) is 13.1. The van der Waals surface area contributed by atoms with Gasteiger partial charge in [-0.25, -0.2) is 0 Å². The molecule has 1 atom stereocenters. The highest BCUT2D eigenvalue weighted by atomic mass is 35.5. The lowest BCUT2D eigenvalue weighted by Gasteiger charge is -2.31. The van der Waals surface area contributed by atoms with Gasteiger partial charge in [-0.3, -0.25) is 4.79 Å². The summed E-state index contributed by atoms with van der Waals surface area (Å²) < 4.78 is 10.5. The van der Waals surface area contributed by atoms with Crippen LogP contribution in [0.15, 0.2) is 22.7 Å². The Bertz CT molecular complexity index is 716. The number of benzene rings is 1. The van der Waals surface area contributed by atoms with Crippen LogP contribution in [0, 0.1) is 6.92 Å². The van der Waals surface area contributed by atoms with Gasteiger partial charge in [-0.2, -0.15) is 4.98 Å². The maximum atomic E-state index is 12.8. The molecule has 1 saturated heterocycles. The molecule has 0 saturated carbocycles. The van der Waals surface area contributed by atoms with Crippen molar-refractivity contribution in [1.82, 2.24) is 15.0 Å². The van der Waals surface area contributed by atoms with Crippen LogP contribution >= 0.6 is 11.6 Å².